The fraction of sp³-hybridized carbons (Fsp3) is 0.136. The van der Waals surface area contributed by atoms with Crippen molar-refractivity contribution in [2.75, 3.05) is 18.5 Å². The van der Waals surface area contributed by atoms with Crippen molar-refractivity contribution in [2.24, 2.45) is 0 Å². The van der Waals surface area contributed by atoms with Crippen LogP contribution >= 0.6 is 0 Å². The highest BCUT2D eigenvalue weighted by atomic mass is 16.5. The summed E-state index contributed by atoms with van der Waals surface area (Å²) in [5.74, 6) is 1.12. The molecule has 1 heterocycles. The first-order valence-corrected chi connectivity index (χ1v) is 8.67. The predicted octanol–water partition coefficient (Wildman–Crippen LogP) is 4.77. The zero-order valence-corrected chi connectivity index (χ0v) is 14.3. The molecule has 4 heteroatoms. The summed E-state index contributed by atoms with van der Waals surface area (Å²) in [5, 5.41) is 3.01. The molecule has 1 aliphatic heterocycles. The normalized spacial score (nSPS) is 12.9. The number of fused-ring (bicyclic) bond motifs is 1. The smallest absolute Gasteiger partial charge is 0.255 e. The highest BCUT2D eigenvalue weighted by Crippen LogP contribution is 2.32. The molecule has 0 saturated carbocycles. The molecule has 3 aromatic carbocycles. The summed E-state index contributed by atoms with van der Waals surface area (Å²) < 4.78 is 11.3. The molecule has 4 nitrogen and oxygen atoms in total. The van der Waals surface area contributed by atoms with E-state index in [0.29, 0.717) is 30.3 Å². The Balaban J connectivity index is 1.61. The molecule has 0 fully saturated rings. The Kier molecular flexibility index (Phi) is 4.56. The maximum Gasteiger partial charge on any atom is 0.255 e. The van der Waals surface area contributed by atoms with Crippen LogP contribution in [0, 0.1) is 0 Å². The number of ether oxygens (including phenoxy) is 2. The van der Waals surface area contributed by atoms with Gasteiger partial charge >= 0.3 is 0 Å². The summed E-state index contributed by atoms with van der Waals surface area (Å²) >= 11 is 0. The van der Waals surface area contributed by atoms with Crippen LogP contribution in [0.4, 0.5) is 5.69 Å². The van der Waals surface area contributed by atoms with Gasteiger partial charge in [0.15, 0.2) is 11.5 Å². The van der Waals surface area contributed by atoms with Crippen molar-refractivity contribution in [3.8, 4) is 22.6 Å². The minimum Gasteiger partial charge on any atom is -0.490 e. The van der Waals surface area contributed by atoms with Gasteiger partial charge in [0.25, 0.3) is 5.91 Å². The van der Waals surface area contributed by atoms with Crippen LogP contribution < -0.4 is 14.8 Å². The number of benzene rings is 3. The number of carbonyl (C=O) groups excluding carboxylic acids is 1. The second kappa shape index (κ2) is 7.31. The Labute approximate surface area is 152 Å². The summed E-state index contributed by atoms with van der Waals surface area (Å²) in [5.41, 5.74) is 3.35. The molecule has 0 bridgehead atoms. The molecule has 1 amide bonds. The van der Waals surface area contributed by atoms with Crippen LogP contribution in [0.3, 0.4) is 0 Å². The molecule has 0 saturated heterocycles. The number of rotatable bonds is 3. The number of para-hydroxylation sites is 1. The summed E-state index contributed by atoms with van der Waals surface area (Å²) in [6.07, 6.45) is 0.834. The highest BCUT2D eigenvalue weighted by molar-refractivity contribution is 6.06. The van der Waals surface area contributed by atoms with Crippen molar-refractivity contribution in [1.82, 2.24) is 0 Å². The third kappa shape index (κ3) is 3.40. The van der Waals surface area contributed by atoms with Crippen LogP contribution in [-0.2, 0) is 0 Å². The largest absolute Gasteiger partial charge is 0.490 e. The van der Waals surface area contributed by atoms with Crippen molar-refractivity contribution in [3.05, 3.63) is 78.4 Å². The van der Waals surface area contributed by atoms with E-state index in [-0.39, 0.29) is 5.91 Å². The third-order valence-corrected chi connectivity index (χ3v) is 4.27. The van der Waals surface area contributed by atoms with E-state index in [4.69, 9.17) is 9.47 Å². The number of amides is 1. The first-order valence-electron chi connectivity index (χ1n) is 8.67. The van der Waals surface area contributed by atoms with Gasteiger partial charge in [-0.1, -0.05) is 48.5 Å². The molecule has 26 heavy (non-hydrogen) atoms. The lowest BCUT2D eigenvalue weighted by Gasteiger charge is -2.13. The van der Waals surface area contributed by atoms with Gasteiger partial charge in [-0.25, -0.2) is 0 Å². The van der Waals surface area contributed by atoms with Gasteiger partial charge in [0.05, 0.1) is 13.2 Å². The topological polar surface area (TPSA) is 47.6 Å². The summed E-state index contributed by atoms with van der Waals surface area (Å²) in [7, 11) is 0. The van der Waals surface area contributed by atoms with Crippen molar-refractivity contribution < 1.29 is 14.3 Å². The van der Waals surface area contributed by atoms with Gasteiger partial charge in [0.1, 0.15) is 0 Å². The molecule has 0 aliphatic carbocycles. The molecule has 4 rings (SSSR count). The van der Waals surface area contributed by atoms with Crippen LogP contribution in [0.5, 0.6) is 11.5 Å². The molecule has 0 radical (unpaired) electrons. The minimum absolute atomic E-state index is 0.177. The lowest BCUT2D eigenvalue weighted by atomic mass is 10.0. The summed E-state index contributed by atoms with van der Waals surface area (Å²) in [4.78, 5) is 12.8. The van der Waals surface area contributed by atoms with E-state index >= 15 is 0 Å². The SMILES string of the molecule is O=C(Nc1ccccc1-c1ccccc1)c1ccc2c(c1)OCCCO2. The molecule has 1 N–H and O–H groups in total. The van der Waals surface area contributed by atoms with Gasteiger partial charge in [-0.3, -0.25) is 4.79 Å². The Morgan fingerprint density at radius 1 is 0.808 bits per heavy atom. The first kappa shape index (κ1) is 16.2. The molecule has 0 atom stereocenters. The van der Waals surface area contributed by atoms with Gasteiger partial charge in [0.2, 0.25) is 0 Å². The average Bonchev–Trinajstić information content (AvgIpc) is 2.94. The highest BCUT2D eigenvalue weighted by Gasteiger charge is 2.15. The molecule has 130 valence electrons. The number of hydrogen-bond acceptors (Lipinski definition) is 3. The van der Waals surface area contributed by atoms with E-state index in [1.165, 1.54) is 0 Å². The maximum absolute atomic E-state index is 12.8. The second-order valence-electron chi connectivity index (χ2n) is 6.08. The number of anilines is 1. The second-order valence-corrected chi connectivity index (χ2v) is 6.08. The van der Waals surface area contributed by atoms with E-state index in [0.717, 1.165) is 23.2 Å². The lowest BCUT2D eigenvalue weighted by molar-refractivity contribution is 0.102. The molecular formula is C22H19NO3. The zero-order valence-electron chi connectivity index (χ0n) is 14.3. The summed E-state index contributed by atoms with van der Waals surface area (Å²) in [6.45, 7) is 1.22. The quantitative estimate of drug-likeness (QED) is 0.744. The zero-order chi connectivity index (χ0) is 17.8. The lowest BCUT2D eigenvalue weighted by Crippen LogP contribution is -2.12. The van der Waals surface area contributed by atoms with Gasteiger partial charge in [-0.15, -0.1) is 0 Å². The average molecular weight is 345 g/mol. The standard InChI is InChI=1S/C22H19NO3/c24-22(17-11-12-20-21(15-17)26-14-6-13-25-20)23-19-10-5-4-9-18(19)16-7-2-1-3-8-16/h1-5,7-12,15H,6,13-14H2,(H,23,24). The Morgan fingerprint density at radius 3 is 2.38 bits per heavy atom. The van der Waals surface area contributed by atoms with Gasteiger partial charge in [-0.2, -0.15) is 0 Å². The van der Waals surface area contributed by atoms with E-state index in [9.17, 15) is 4.79 Å². The van der Waals surface area contributed by atoms with E-state index < -0.39 is 0 Å². The minimum atomic E-state index is -0.177. The molecule has 0 aromatic heterocycles. The van der Waals surface area contributed by atoms with Crippen LogP contribution in [0.25, 0.3) is 11.1 Å². The molecule has 0 unspecified atom stereocenters. The van der Waals surface area contributed by atoms with Crippen molar-refractivity contribution in [1.29, 1.82) is 0 Å². The van der Waals surface area contributed by atoms with Gasteiger partial charge < -0.3 is 14.8 Å². The van der Waals surface area contributed by atoms with Crippen molar-refractivity contribution in [3.63, 3.8) is 0 Å². The van der Waals surface area contributed by atoms with E-state index in [1.54, 1.807) is 18.2 Å². The molecule has 1 aliphatic rings. The first-order chi connectivity index (χ1) is 12.8. The molecule has 0 spiro atoms. The van der Waals surface area contributed by atoms with E-state index in [1.807, 2.05) is 54.6 Å². The Hall–Kier alpha value is -3.27. The van der Waals surface area contributed by atoms with Crippen LogP contribution in [0.1, 0.15) is 16.8 Å². The van der Waals surface area contributed by atoms with E-state index in [2.05, 4.69) is 5.32 Å². The van der Waals surface area contributed by atoms with Gasteiger partial charge in [-0.05, 0) is 29.8 Å². The number of hydrogen-bond donors (Lipinski definition) is 1. The van der Waals surface area contributed by atoms with Crippen LogP contribution in [0.15, 0.2) is 72.8 Å². The fourth-order valence-corrected chi connectivity index (χ4v) is 2.96. The molecular weight excluding hydrogens is 326 g/mol. The van der Waals surface area contributed by atoms with Crippen LogP contribution in [0.2, 0.25) is 0 Å². The number of nitrogens with one attached hydrogen (secondary N) is 1. The predicted molar refractivity (Wildman–Crippen MR) is 102 cm³/mol. The fourth-order valence-electron chi connectivity index (χ4n) is 2.96. The maximum atomic E-state index is 12.8. The molecule has 3 aromatic rings. The monoisotopic (exact) mass is 345 g/mol. The van der Waals surface area contributed by atoms with Crippen molar-refractivity contribution in [2.45, 2.75) is 6.42 Å². The van der Waals surface area contributed by atoms with Gasteiger partial charge in [0, 0.05) is 23.2 Å². The Morgan fingerprint density at radius 2 is 1.54 bits per heavy atom. The van der Waals surface area contributed by atoms with Crippen molar-refractivity contribution >= 4 is 11.6 Å². The summed E-state index contributed by atoms with van der Waals surface area (Å²) in [6, 6.07) is 23.1. The Bertz CT molecular complexity index is 922. The van der Waals surface area contributed by atoms with Crippen LogP contribution in [-0.4, -0.2) is 19.1 Å². The third-order valence-electron chi connectivity index (χ3n) is 4.27. The number of carbonyl (C=O) groups is 1.